The molecule has 2 rings (SSSR count). The summed E-state index contributed by atoms with van der Waals surface area (Å²) < 4.78 is 6.11. The van der Waals surface area contributed by atoms with Crippen LogP contribution in [-0.2, 0) is 11.3 Å². The molecule has 4 nitrogen and oxygen atoms in total. The lowest BCUT2D eigenvalue weighted by molar-refractivity contribution is -0.130. The summed E-state index contributed by atoms with van der Waals surface area (Å²) in [5, 5.41) is 3.12. The van der Waals surface area contributed by atoms with Gasteiger partial charge in [-0.15, -0.1) is 0 Å². The summed E-state index contributed by atoms with van der Waals surface area (Å²) in [6.45, 7) is 2.82. The molecule has 1 saturated heterocycles. The lowest BCUT2D eigenvalue weighted by Gasteiger charge is -2.20. The Morgan fingerprint density at radius 2 is 2.33 bits per heavy atom. The van der Waals surface area contributed by atoms with Crippen LogP contribution in [0.1, 0.15) is 12.0 Å². The predicted molar refractivity (Wildman–Crippen MR) is 73.6 cm³/mol. The Kier molecular flexibility index (Phi) is 4.60. The van der Waals surface area contributed by atoms with Crippen LogP contribution in [0, 0.1) is 0 Å². The first-order chi connectivity index (χ1) is 8.70. The molecule has 1 heterocycles. The Balaban J connectivity index is 2.08. The Labute approximate surface area is 115 Å². The van der Waals surface area contributed by atoms with Crippen molar-refractivity contribution in [1.29, 1.82) is 0 Å². The average Bonchev–Trinajstić information content (AvgIpc) is 2.55. The molecule has 0 saturated carbocycles. The van der Waals surface area contributed by atoms with E-state index in [1.807, 2.05) is 23.1 Å². The van der Waals surface area contributed by atoms with Crippen LogP contribution >= 0.6 is 15.9 Å². The fraction of sp³-hybridized carbons (Fsp3) is 0.462. The number of ether oxygens (including phenoxy) is 1. The summed E-state index contributed by atoms with van der Waals surface area (Å²) in [5.74, 6) is 0.974. The van der Waals surface area contributed by atoms with Gasteiger partial charge in [-0.25, -0.2) is 0 Å². The monoisotopic (exact) mass is 312 g/mol. The number of halogens is 1. The lowest BCUT2D eigenvalue weighted by atomic mass is 10.2. The number of rotatable bonds is 3. The van der Waals surface area contributed by atoms with Crippen LogP contribution in [0.5, 0.6) is 5.75 Å². The van der Waals surface area contributed by atoms with E-state index in [0.29, 0.717) is 13.1 Å². The van der Waals surface area contributed by atoms with Crippen molar-refractivity contribution in [2.24, 2.45) is 0 Å². The molecule has 0 spiro atoms. The zero-order chi connectivity index (χ0) is 13.0. The van der Waals surface area contributed by atoms with Crippen molar-refractivity contribution in [3.05, 3.63) is 28.2 Å². The number of nitrogens with zero attached hydrogens (tertiary/aromatic N) is 1. The molecule has 1 fully saturated rings. The van der Waals surface area contributed by atoms with Gasteiger partial charge in [0.2, 0.25) is 5.91 Å². The van der Waals surface area contributed by atoms with Gasteiger partial charge in [-0.3, -0.25) is 4.79 Å². The minimum Gasteiger partial charge on any atom is -0.496 e. The van der Waals surface area contributed by atoms with E-state index in [4.69, 9.17) is 4.74 Å². The first-order valence-electron chi connectivity index (χ1n) is 6.01. The van der Waals surface area contributed by atoms with Crippen molar-refractivity contribution in [1.82, 2.24) is 10.2 Å². The summed E-state index contributed by atoms with van der Waals surface area (Å²) in [6, 6.07) is 5.92. The fourth-order valence-corrected chi connectivity index (χ4v) is 2.61. The summed E-state index contributed by atoms with van der Waals surface area (Å²) in [5.41, 5.74) is 1.11. The SMILES string of the molecule is COc1ccc(CN2CCCNCC2=O)cc1Br. The third-order valence-electron chi connectivity index (χ3n) is 3.00. The van der Waals surface area contributed by atoms with Gasteiger partial charge < -0.3 is 15.0 Å². The minimum absolute atomic E-state index is 0.166. The van der Waals surface area contributed by atoms with E-state index in [1.54, 1.807) is 7.11 Å². The molecule has 0 atom stereocenters. The summed E-state index contributed by atoms with van der Waals surface area (Å²) in [4.78, 5) is 13.8. The van der Waals surface area contributed by atoms with E-state index in [9.17, 15) is 4.79 Å². The van der Waals surface area contributed by atoms with Crippen molar-refractivity contribution in [2.75, 3.05) is 26.7 Å². The van der Waals surface area contributed by atoms with Gasteiger partial charge in [0.15, 0.2) is 0 Å². The number of methoxy groups -OCH3 is 1. The lowest BCUT2D eigenvalue weighted by Crippen LogP contribution is -2.34. The summed E-state index contributed by atoms with van der Waals surface area (Å²) in [7, 11) is 1.64. The second-order valence-corrected chi connectivity index (χ2v) is 5.17. The minimum atomic E-state index is 0.166. The van der Waals surface area contributed by atoms with Gasteiger partial charge in [-0.05, 0) is 46.6 Å². The van der Waals surface area contributed by atoms with Crippen LogP contribution in [0.3, 0.4) is 0 Å². The number of carbonyl (C=O) groups is 1. The van der Waals surface area contributed by atoms with E-state index in [0.717, 1.165) is 35.3 Å². The van der Waals surface area contributed by atoms with Gasteiger partial charge in [0.25, 0.3) is 0 Å². The van der Waals surface area contributed by atoms with Crippen LogP contribution in [0.25, 0.3) is 0 Å². The van der Waals surface area contributed by atoms with E-state index in [-0.39, 0.29) is 5.91 Å². The largest absolute Gasteiger partial charge is 0.496 e. The highest BCUT2D eigenvalue weighted by molar-refractivity contribution is 9.10. The molecule has 1 amide bonds. The van der Waals surface area contributed by atoms with Crippen LogP contribution < -0.4 is 10.1 Å². The van der Waals surface area contributed by atoms with Gasteiger partial charge in [0, 0.05) is 13.1 Å². The Hall–Kier alpha value is -1.07. The maximum Gasteiger partial charge on any atom is 0.236 e. The smallest absolute Gasteiger partial charge is 0.236 e. The van der Waals surface area contributed by atoms with E-state index < -0.39 is 0 Å². The van der Waals surface area contributed by atoms with Gasteiger partial charge in [0.1, 0.15) is 5.75 Å². The molecule has 0 aliphatic carbocycles. The van der Waals surface area contributed by atoms with Crippen molar-refractivity contribution in [3.63, 3.8) is 0 Å². The standard InChI is InChI=1S/C13H17BrN2O2/c1-18-12-4-3-10(7-11(12)14)9-16-6-2-5-15-8-13(16)17/h3-4,7,15H,2,5-6,8-9H2,1H3. The molecule has 1 aromatic carbocycles. The maximum atomic E-state index is 11.9. The van der Waals surface area contributed by atoms with Crippen molar-refractivity contribution < 1.29 is 9.53 Å². The molecule has 1 aromatic rings. The zero-order valence-electron chi connectivity index (χ0n) is 10.4. The number of nitrogens with one attached hydrogen (secondary N) is 1. The van der Waals surface area contributed by atoms with Crippen LogP contribution in [0.4, 0.5) is 0 Å². The molecule has 5 heteroatoms. The second kappa shape index (κ2) is 6.20. The molecule has 0 bridgehead atoms. The topological polar surface area (TPSA) is 41.6 Å². The molecular weight excluding hydrogens is 296 g/mol. The van der Waals surface area contributed by atoms with Gasteiger partial charge in [0.05, 0.1) is 18.1 Å². The van der Waals surface area contributed by atoms with Gasteiger partial charge in [-0.1, -0.05) is 6.07 Å². The molecule has 18 heavy (non-hydrogen) atoms. The summed E-state index contributed by atoms with van der Waals surface area (Å²) >= 11 is 3.46. The number of benzene rings is 1. The highest BCUT2D eigenvalue weighted by atomic mass is 79.9. The molecule has 1 N–H and O–H groups in total. The average molecular weight is 313 g/mol. The van der Waals surface area contributed by atoms with Crippen molar-refractivity contribution >= 4 is 21.8 Å². The van der Waals surface area contributed by atoms with Crippen molar-refractivity contribution in [2.45, 2.75) is 13.0 Å². The third kappa shape index (κ3) is 3.23. The van der Waals surface area contributed by atoms with Crippen LogP contribution in [0.2, 0.25) is 0 Å². The number of amides is 1. The van der Waals surface area contributed by atoms with Crippen LogP contribution in [-0.4, -0.2) is 37.6 Å². The number of hydrogen-bond acceptors (Lipinski definition) is 3. The molecule has 98 valence electrons. The Morgan fingerprint density at radius 1 is 1.50 bits per heavy atom. The molecule has 0 aromatic heterocycles. The molecule has 1 aliphatic heterocycles. The normalized spacial score (nSPS) is 16.6. The Morgan fingerprint density at radius 3 is 3.06 bits per heavy atom. The summed E-state index contributed by atoms with van der Waals surface area (Å²) in [6.07, 6.45) is 1.00. The zero-order valence-corrected chi connectivity index (χ0v) is 12.0. The fourth-order valence-electron chi connectivity index (χ4n) is 2.02. The highest BCUT2D eigenvalue weighted by Gasteiger charge is 2.16. The first-order valence-corrected chi connectivity index (χ1v) is 6.81. The van der Waals surface area contributed by atoms with Crippen molar-refractivity contribution in [3.8, 4) is 5.75 Å². The molecule has 0 radical (unpaired) electrons. The molecule has 1 aliphatic rings. The van der Waals surface area contributed by atoms with Gasteiger partial charge >= 0.3 is 0 Å². The second-order valence-electron chi connectivity index (χ2n) is 4.31. The third-order valence-corrected chi connectivity index (χ3v) is 3.62. The maximum absolute atomic E-state index is 11.9. The van der Waals surface area contributed by atoms with Crippen LogP contribution in [0.15, 0.2) is 22.7 Å². The first kappa shape index (κ1) is 13.4. The molecular formula is C13H17BrN2O2. The number of carbonyl (C=O) groups excluding carboxylic acids is 1. The van der Waals surface area contributed by atoms with E-state index in [1.165, 1.54) is 0 Å². The predicted octanol–water partition coefficient (Wildman–Crippen LogP) is 1.78. The van der Waals surface area contributed by atoms with E-state index >= 15 is 0 Å². The Bertz CT molecular complexity index is 437. The number of hydrogen-bond donors (Lipinski definition) is 1. The van der Waals surface area contributed by atoms with E-state index in [2.05, 4.69) is 21.2 Å². The highest BCUT2D eigenvalue weighted by Crippen LogP contribution is 2.26. The quantitative estimate of drug-likeness (QED) is 0.925. The molecule has 0 unspecified atom stereocenters. The van der Waals surface area contributed by atoms with Gasteiger partial charge in [-0.2, -0.15) is 0 Å².